The highest BCUT2D eigenvalue weighted by molar-refractivity contribution is 9.10. The van der Waals surface area contributed by atoms with Crippen molar-refractivity contribution in [3.8, 4) is 11.1 Å². The molecule has 1 aromatic heterocycles. The molecule has 0 radical (unpaired) electrons. The Kier molecular flexibility index (Phi) is 3.36. The molecule has 100 valence electrons. The van der Waals surface area contributed by atoms with Gasteiger partial charge < -0.3 is 4.42 Å². The molecule has 2 aromatic carbocycles. The quantitative estimate of drug-likeness (QED) is 0.575. The molecule has 0 unspecified atom stereocenters. The van der Waals surface area contributed by atoms with Gasteiger partial charge in [0.2, 0.25) is 0 Å². The van der Waals surface area contributed by atoms with Gasteiger partial charge in [0.25, 0.3) is 0 Å². The summed E-state index contributed by atoms with van der Waals surface area (Å²) in [6.45, 7) is 0. The summed E-state index contributed by atoms with van der Waals surface area (Å²) in [5.74, 6) is -0.495. The molecule has 3 aromatic rings. The summed E-state index contributed by atoms with van der Waals surface area (Å²) in [6, 6.07) is 11.1. The van der Waals surface area contributed by atoms with Crippen LogP contribution in [0.25, 0.3) is 22.1 Å². The van der Waals surface area contributed by atoms with Gasteiger partial charge in [-0.05, 0) is 41.5 Å². The molecule has 5 heteroatoms. The maximum Gasteiger partial charge on any atom is 0.336 e. The van der Waals surface area contributed by atoms with Gasteiger partial charge in [0.1, 0.15) is 11.4 Å². The summed E-state index contributed by atoms with van der Waals surface area (Å²) in [5, 5.41) is 0.775. The summed E-state index contributed by atoms with van der Waals surface area (Å²) >= 11 is 9.12. The Hall–Kier alpha value is -1.65. The van der Waals surface area contributed by atoms with E-state index in [4.69, 9.17) is 16.0 Å². The molecule has 0 N–H and O–H groups in total. The molecule has 0 bridgehead atoms. The molecule has 3 rings (SSSR count). The number of rotatable bonds is 1. The average molecular weight is 354 g/mol. The van der Waals surface area contributed by atoms with Gasteiger partial charge in [-0.15, -0.1) is 0 Å². The minimum atomic E-state index is -0.495. The topological polar surface area (TPSA) is 30.2 Å². The standard InChI is InChI=1S/C15H7BrClFO2/c16-9-2-3-10-11(7-15(19)20-14(10)6-9)8-1-4-13(18)12(17)5-8/h1-7H. The first-order chi connectivity index (χ1) is 9.54. The molecule has 0 fully saturated rings. The van der Waals surface area contributed by atoms with Crippen molar-refractivity contribution in [2.75, 3.05) is 0 Å². The fourth-order valence-corrected chi connectivity index (χ4v) is 2.56. The predicted molar refractivity (Wildman–Crippen MR) is 80.6 cm³/mol. The Morgan fingerprint density at radius 1 is 1.10 bits per heavy atom. The fraction of sp³-hybridized carbons (Fsp3) is 0. The van der Waals surface area contributed by atoms with Gasteiger partial charge in [-0.25, -0.2) is 9.18 Å². The van der Waals surface area contributed by atoms with Crippen LogP contribution in [0.5, 0.6) is 0 Å². The van der Waals surface area contributed by atoms with Crippen LogP contribution < -0.4 is 5.63 Å². The lowest BCUT2D eigenvalue weighted by Gasteiger charge is -2.06. The van der Waals surface area contributed by atoms with E-state index >= 15 is 0 Å². The highest BCUT2D eigenvalue weighted by atomic mass is 79.9. The van der Waals surface area contributed by atoms with Crippen molar-refractivity contribution < 1.29 is 8.81 Å². The van der Waals surface area contributed by atoms with Crippen LogP contribution >= 0.6 is 27.5 Å². The van der Waals surface area contributed by atoms with E-state index in [0.717, 1.165) is 9.86 Å². The molecule has 0 aliphatic carbocycles. The van der Waals surface area contributed by atoms with Gasteiger partial charge in [0.05, 0.1) is 5.02 Å². The highest BCUT2D eigenvalue weighted by Crippen LogP contribution is 2.31. The molecular formula is C15H7BrClFO2. The zero-order valence-electron chi connectivity index (χ0n) is 9.99. The Morgan fingerprint density at radius 2 is 1.90 bits per heavy atom. The van der Waals surface area contributed by atoms with Crippen LogP contribution in [0, 0.1) is 5.82 Å². The third-order valence-corrected chi connectivity index (χ3v) is 3.72. The molecule has 1 heterocycles. The zero-order chi connectivity index (χ0) is 14.3. The molecule has 0 aliphatic rings. The summed E-state index contributed by atoms with van der Waals surface area (Å²) in [5.41, 5.74) is 1.32. The van der Waals surface area contributed by atoms with Crippen LogP contribution in [0.1, 0.15) is 0 Å². The smallest absolute Gasteiger partial charge is 0.336 e. The Morgan fingerprint density at radius 3 is 2.65 bits per heavy atom. The summed E-state index contributed by atoms with van der Waals surface area (Å²) in [7, 11) is 0. The first-order valence-corrected chi connectivity index (χ1v) is 6.90. The second kappa shape index (κ2) is 5.04. The molecule has 0 amide bonds. The van der Waals surface area contributed by atoms with Crippen molar-refractivity contribution in [1.29, 1.82) is 0 Å². The maximum absolute atomic E-state index is 13.2. The molecule has 2 nitrogen and oxygen atoms in total. The van der Waals surface area contributed by atoms with Gasteiger partial charge in [0.15, 0.2) is 0 Å². The number of fused-ring (bicyclic) bond motifs is 1. The summed E-state index contributed by atoms with van der Waals surface area (Å²) in [4.78, 5) is 11.7. The first kappa shape index (κ1) is 13.3. The Labute approximate surface area is 126 Å². The highest BCUT2D eigenvalue weighted by Gasteiger charge is 2.10. The number of hydrogen-bond acceptors (Lipinski definition) is 2. The molecule has 20 heavy (non-hydrogen) atoms. The van der Waals surface area contributed by atoms with E-state index < -0.39 is 11.4 Å². The van der Waals surface area contributed by atoms with Crippen molar-refractivity contribution >= 4 is 38.5 Å². The summed E-state index contributed by atoms with van der Waals surface area (Å²) < 4.78 is 19.2. The third-order valence-electron chi connectivity index (χ3n) is 2.94. The normalized spacial score (nSPS) is 10.9. The molecule has 0 atom stereocenters. The lowest BCUT2D eigenvalue weighted by molar-refractivity contribution is 0.561. The van der Waals surface area contributed by atoms with Gasteiger partial charge >= 0.3 is 5.63 Å². The zero-order valence-corrected chi connectivity index (χ0v) is 12.3. The van der Waals surface area contributed by atoms with Crippen LogP contribution in [0.15, 0.2) is 56.1 Å². The second-order valence-electron chi connectivity index (χ2n) is 4.25. The van der Waals surface area contributed by atoms with Gasteiger partial charge in [-0.1, -0.05) is 33.6 Å². The van der Waals surface area contributed by atoms with Crippen LogP contribution in [0.2, 0.25) is 5.02 Å². The minimum absolute atomic E-state index is 0.0148. The number of benzene rings is 2. The van der Waals surface area contributed by atoms with E-state index in [2.05, 4.69) is 15.9 Å². The van der Waals surface area contributed by atoms with Crippen molar-refractivity contribution in [2.45, 2.75) is 0 Å². The van der Waals surface area contributed by atoms with E-state index in [-0.39, 0.29) is 5.02 Å². The monoisotopic (exact) mass is 352 g/mol. The van der Waals surface area contributed by atoms with Crippen molar-refractivity contribution in [3.63, 3.8) is 0 Å². The summed E-state index contributed by atoms with van der Waals surface area (Å²) in [6.07, 6.45) is 0. The third kappa shape index (κ3) is 2.37. The fourth-order valence-electron chi connectivity index (χ4n) is 2.04. The number of hydrogen-bond donors (Lipinski definition) is 0. The van der Waals surface area contributed by atoms with Crippen molar-refractivity contribution in [2.24, 2.45) is 0 Å². The molecule has 0 spiro atoms. The lowest BCUT2D eigenvalue weighted by atomic mass is 10.0. The number of halogens is 3. The van der Waals surface area contributed by atoms with Gasteiger partial charge in [0, 0.05) is 15.9 Å². The average Bonchev–Trinajstić information content (AvgIpc) is 2.40. The SMILES string of the molecule is O=c1cc(-c2ccc(F)c(Cl)c2)c2ccc(Br)cc2o1. The van der Waals surface area contributed by atoms with E-state index in [9.17, 15) is 9.18 Å². The molecule has 0 saturated carbocycles. The second-order valence-corrected chi connectivity index (χ2v) is 5.57. The van der Waals surface area contributed by atoms with E-state index in [1.54, 1.807) is 12.1 Å². The molecule has 0 saturated heterocycles. The van der Waals surface area contributed by atoms with Crippen LogP contribution in [-0.4, -0.2) is 0 Å². The minimum Gasteiger partial charge on any atom is -0.423 e. The Bertz CT molecular complexity index is 873. The lowest BCUT2D eigenvalue weighted by Crippen LogP contribution is -1.98. The maximum atomic E-state index is 13.2. The molecule has 0 aliphatic heterocycles. The largest absolute Gasteiger partial charge is 0.423 e. The molecular weight excluding hydrogens is 347 g/mol. The van der Waals surface area contributed by atoms with Crippen LogP contribution in [0.4, 0.5) is 4.39 Å². The van der Waals surface area contributed by atoms with E-state index in [1.807, 2.05) is 12.1 Å². The van der Waals surface area contributed by atoms with E-state index in [0.29, 0.717) is 16.7 Å². The van der Waals surface area contributed by atoms with Gasteiger partial charge in [-0.2, -0.15) is 0 Å². The van der Waals surface area contributed by atoms with Gasteiger partial charge in [-0.3, -0.25) is 0 Å². The van der Waals surface area contributed by atoms with Crippen molar-refractivity contribution in [1.82, 2.24) is 0 Å². The first-order valence-electron chi connectivity index (χ1n) is 5.73. The predicted octanol–water partition coefficient (Wildman–Crippen LogP) is 5.02. The van der Waals surface area contributed by atoms with Crippen molar-refractivity contribution in [3.05, 3.63) is 68.2 Å². The van der Waals surface area contributed by atoms with E-state index in [1.165, 1.54) is 18.2 Å². The van der Waals surface area contributed by atoms with Crippen LogP contribution in [0.3, 0.4) is 0 Å². The van der Waals surface area contributed by atoms with Crippen LogP contribution in [-0.2, 0) is 0 Å². The Balaban J connectivity index is 2.35.